The highest BCUT2D eigenvalue weighted by atomic mass is 32.1. The molecule has 1 saturated carbocycles. The fourth-order valence-electron chi connectivity index (χ4n) is 4.74. The first kappa shape index (κ1) is 24.3. The first-order valence-corrected chi connectivity index (χ1v) is 13.5. The fraction of sp³-hybridized carbons (Fsp3) is 0.417. The summed E-state index contributed by atoms with van der Waals surface area (Å²) in [6.07, 6.45) is 9.81. The molecule has 12 heteroatoms. The maximum Gasteiger partial charge on any atom is 0.271 e. The number of hydrogen-bond acceptors (Lipinski definition) is 8. The minimum atomic E-state index is -0.423. The molecule has 0 saturated heterocycles. The molecule has 2 atom stereocenters. The number of thiazole rings is 2. The minimum absolute atomic E-state index is 0.0302. The first-order chi connectivity index (χ1) is 17.3. The molecule has 0 radical (unpaired) electrons. The highest BCUT2D eigenvalue weighted by Crippen LogP contribution is 2.28. The highest BCUT2D eigenvalue weighted by Gasteiger charge is 2.24. The van der Waals surface area contributed by atoms with Gasteiger partial charge in [-0.1, -0.05) is 6.42 Å². The number of rotatable bonds is 6. The Hall–Kier alpha value is -3.38. The van der Waals surface area contributed by atoms with E-state index in [9.17, 15) is 19.2 Å². The summed E-state index contributed by atoms with van der Waals surface area (Å²) in [5.74, 6) is -0.365. The van der Waals surface area contributed by atoms with Crippen LogP contribution >= 0.6 is 22.7 Å². The van der Waals surface area contributed by atoms with Gasteiger partial charge in [0.05, 0.1) is 0 Å². The van der Waals surface area contributed by atoms with Crippen molar-refractivity contribution in [2.75, 3.05) is 13.1 Å². The van der Waals surface area contributed by atoms with Crippen molar-refractivity contribution in [2.45, 2.75) is 39.5 Å². The molecule has 5 rings (SSSR count). The van der Waals surface area contributed by atoms with Crippen molar-refractivity contribution in [3.63, 3.8) is 0 Å². The Morgan fingerprint density at radius 3 is 1.75 bits per heavy atom. The monoisotopic (exact) mass is 526 g/mol. The number of fused-ring (bicyclic) bond motifs is 2. The summed E-state index contributed by atoms with van der Waals surface area (Å²) < 4.78 is 2.82. The van der Waals surface area contributed by atoms with E-state index in [2.05, 4.69) is 20.6 Å². The Morgan fingerprint density at radius 2 is 1.31 bits per heavy atom. The summed E-state index contributed by atoms with van der Waals surface area (Å²) in [4.78, 5) is 62.2. The predicted molar refractivity (Wildman–Crippen MR) is 138 cm³/mol. The van der Waals surface area contributed by atoms with Crippen molar-refractivity contribution in [1.29, 1.82) is 0 Å². The molecule has 2 N–H and O–H groups in total. The quantitative estimate of drug-likeness (QED) is 0.397. The summed E-state index contributed by atoms with van der Waals surface area (Å²) in [7, 11) is 0. The van der Waals surface area contributed by atoms with Crippen LogP contribution < -0.4 is 21.8 Å². The lowest BCUT2D eigenvalue weighted by atomic mass is 9.81. The molecule has 4 aromatic rings. The van der Waals surface area contributed by atoms with E-state index < -0.39 is 11.8 Å². The van der Waals surface area contributed by atoms with Crippen molar-refractivity contribution in [2.24, 2.45) is 11.8 Å². The molecule has 1 aliphatic rings. The van der Waals surface area contributed by atoms with Gasteiger partial charge in [-0.2, -0.15) is 0 Å². The van der Waals surface area contributed by atoms with Crippen LogP contribution in [0.2, 0.25) is 0 Å². The largest absolute Gasteiger partial charge is 0.352 e. The zero-order valence-corrected chi connectivity index (χ0v) is 21.6. The van der Waals surface area contributed by atoms with Crippen LogP contribution in [0.25, 0.3) is 9.92 Å². The first-order valence-electron chi connectivity index (χ1n) is 11.8. The zero-order chi connectivity index (χ0) is 25.4. The molecule has 0 aliphatic heterocycles. The van der Waals surface area contributed by atoms with Crippen LogP contribution in [0, 0.1) is 25.7 Å². The van der Waals surface area contributed by atoms with E-state index in [1.54, 1.807) is 12.4 Å². The number of aryl methyl sites for hydroxylation is 2. The molecule has 0 aromatic carbocycles. The third kappa shape index (κ3) is 4.82. The van der Waals surface area contributed by atoms with E-state index in [0.29, 0.717) is 23.0 Å². The number of hydrogen-bond donors (Lipinski definition) is 2. The van der Waals surface area contributed by atoms with Crippen LogP contribution in [0.3, 0.4) is 0 Å². The van der Waals surface area contributed by atoms with Gasteiger partial charge in [-0.25, -0.2) is 9.97 Å². The number of amides is 2. The van der Waals surface area contributed by atoms with Crippen molar-refractivity contribution in [1.82, 2.24) is 29.4 Å². The summed E-state index contributed by atoms with van der Waals surface area (Å²) >= 11 is 2.80. The molecular formula is C24H26N6O4S2. The van der Waals surface area contributed by atoms with Gasteiger partial charge < -0.3 is 10.6 Å². The second-order valence-electron chi connectivity index (χ2n) is 9.26. The molecule has 2 amide bonds. The van der Waals surface area contributed by atoms with E-state index in [1.807, 2.05) is 13.8 Å². The lowest BCUT2D eigenvalue weighted by Crippen LogP contribution is -2.38. The van der Waals surface area contributed by atoms with Gasteiger partial charge in [-0.05, 0) is 44.9 Å². The molecular weight excluding hydrogens is 500 g/mol. The molecule has 1 aliphatic carbocycles. The molecule has 1 fully saturated rings. The maximum atomic E-state index is 12.7. The van der Waals surface area contributed by atoms with E-state index in [-0.39, 0.29) is 34.1 Å². The number of aromatic nitrogens is 4. The number of carbonyl (C=O) groups is 2. The van der Waals surface area contributed by atoms with Gasteiger partial charge in [0, 0.05) is 47.6 Å². The van der Waals surface area contributed by atoms with Gasteiger partial charge in [-0.3, -0.25) is 28.0 Å². The molecule has 0 spiro atoms. The molecule has 4 aromatic heterocycles. The second-order valence-corrected chi connectivity index (χ2v) is 11.7. The van der Waals surface area contributed by atoms with Gasteiger partial charge >= 0.3 is 0 Å². The molecule has 10 nitrogen and oxygen atoms in total. The standard InChI is InChI=1S/C24H26N6O4S2/c1-13-11-29-21(33)17(9-27-23(29)35-13)19(31)25-7-15-4-3-5-16(6-15)8-26-20(32)18-10-28-24-30(22(18)34)12-14(2)36-24/h9-12,15-16H,3-8H2,1-2H3,(H,25,31)(H,26,32). The predicted octanol–water partition coefficient (Wildman–Crippen LogP) is 2.41. The average molecular weight is 527 g/mol. The van der Waals surface area contributed by atoms with Gasteiger partial charge in [0.2, 0.25) is 0 Å². The van der Waals surface area contributed by atoms with E-state index >= 15 is 0 Å². The zero-order valence-electron chi connectivity index (χ0n) is 19.9. The van der Waals surface area contributed by atoms with Crippen LogP contribution in [0.4, 0.5) is 0 Å². The van der Waals surface area contributed by atoms with Gasteiger partial charge in [0.25, 0.3) is 22.9 Å². The third-order valence-electron chi connectivity index (χ3n) is 6.53. The Morgan fingerprint density at radius 1 is 0.861 bits per heavy atom. The van der Waals surface area contributed by atoms with Crippen molar-refractivity contribution < 1.29 is 9.59 Å². The molecule has 0 bridgehead atoms. The van der Waals surface area contributed by atoms with Crippen LogP contribution in [-0.2, 0) is 0 Å². The molecule has 188 valence electrons. The normalized spacial score (nSPS) is 17.9. The van der Waals surface area contributed by atoms with Crippen LogP contribution in [-0.4, -0.2) is 43.7 Å². The van der Waals surface area contributed by atoms with E-state index in [1.165, 1.54) is 43.9 Å². The molecule has 36 heavy (non-hydrogen) atoms. The maximum absolute atomic E-state index is 12.7. The smallest absolute Gasteiger partial charge is 0.271 e. The van der Waals surface area contributed by atoms with Gasteiger partial charge in [0.1, 0.15) is 11.1 Å². The number of nitrogens with zero attached hydrogens (tertiary/aromatic N) is 4. The van der Waals surface area contributed by atoms with E-state index in [4.69, 9.17) is 0 Å². The minimum Gasteiger partial charge on any atom is -0.352 e. The Labute approximate surface area is 214 Å². The molecule has 2 unspecified atom stereocenters. The summed E-state index contributed by atoms with van der Waals surface area (Å²) in [6.45, 7) is 4.68. The fourth-order valence-corrected chi connectivity index (χ4v) is 6.31. The number of carbonyl (C=O) groups excluding carboxylic acids is 2. The van der Waals surface area contributed by atoms with E-state index in [0.717, 1.165) is 35.4 Å². The number of nitrogens with one attached hydrogen (secondary N) is 2. The Balaban J connectivity index is 1.16. The third-order valence-corrected chi connectivity index (χ3v) is 8.35. The summed E-state index contributed by atoms with van der Waals surface area (Å²) in [5, 5.41) is 5.78. The van der Waals surface area contributed by atoms with Gasteiger partial charge in [0.15, 0.2) is 9.92 Å². The topological polar surface area (TPSA) is 127 Å². The summed E-state index contributed by atoms with van der Waals surface area (Å²) in [5.41, 5.74) is -0.676. The van der Waals surface area contributed by atoms with Crippen molar-refractivity contribution >= 4 is 44.4 Å². The van der Waals surface area contributed by atoms with Crippen molar-refractivity contribution in [3.8, 4) is 0 Å². The summed E-state index contributed by atoms with van der Waals surface area (Å²) in [6, 6.07) is 0. The Kier molecular flexibility index (Phi) is 6.71. The SMILES string of the molecule is Cc1cn2c(=O)c(C(=O)NCC3CCCC(CNC(=O)c4cnc5sc(C)cn5c4=O)C3)cnc2s1. The lowest BCUT2D eigenvalue weighted by molar-refractivity contribution is 0.0933. The highest BCUT2D eigenvalue weighted by molar-refractivity contribution is 7.17. The van der Waals surface area contributed by atoms with Crippen LogP contribution in [0.1, 0.15) is 56.2 Å². The lowest BCUT2D eigenvalue weighted by Gasteiger charge is -2.29. The molecule has 4 heterocycles. The Bertz CT molecular complexity index is 1470. The second kappa shape index (κ2) is 9.94. The van der Waals surface area contributed by atoms with Crippen LogP contribution in [0.5, 0.6) is 0 Å². The average Bonchev–Trinajstić information content (AvgIpc) is 3.44. The van der Waals surface area contributed by atoms with Crippen LogP contribution in [0.15, 0.2) is 34.4 Å². The van der Waals surface area contributed by atoms with Crippen molar-refractivity contribution in [3.05, 3.63) is 66.4 Å². The van der Waals surface area contributed by atoms with Gasteiger partial charge in [-0.15, -0.1) is 22.7 Å².